The fourth-order valence-electron chi connectivity index (χ4n) is 7.85. The molecule has 7 rings (SSSR count). The van der Waals surface area contributed by atoms with Gasteiger partial charge in [-0.05, 0) is 71.8 Å². The predicted octanol–water partition coefficient (Wildman–Crippen LogP) is 2.18. The second-order valence-electron chi connectivity index (χ2n) is 16.1. The smallest absolute Gasteiger partial charge is 0.330 e. The summed E-state index contributed by atoms with van der Waals surface area (Å²) in [6.07, 6.45) is -14.3. The van der Waals surface area contributed by atoms with Crippen LogP contribution in [0.5, 0.6) is 46.0 Å². The topological polar surface area (TPSA) is 329 Å². The highest BCUT2D eigenvalue weighted by Crippen LogP contribution is 2.47. The molecular weight excluding hydrogens is 941 g/mol. The maximum Gasteiger partial charge on any atom is 0.330 e. The van der Waals surface area contributed by atoms with E-state index in [1.807, 2.05) is 0 Å². The van der Waals surface area contributed by atoms with Crippen LogP contribution in [0.3, 0.4) is 0 Å². The van der Waals surface area contributed by atoms with Crippen molar-refractivity contribution in [2.45, 2.75) is 61.2 Å². The molecule has 22 heteroatoms. The predicted molar refractivity (Wildman–Crippen MR) is 245 cm³/mol. The minimum atomic E-state index is -2.09. The summed E-state index contributed by atoms with van der Waals surface area (Å²) in [7, 11) is 5.16. The summed E-state index contributed by atoms with van der Waals surface area (Å²) in [5.74, 6) is -3.14. The standard InChI is InChI=1S/C49H50O22/c1-62-29-15-22(5-12-26(29)51)6-13-36(53)67-21-35-41(56)44(59)46(61)49(70-35)71-48-45(60)42(57)34(20-66-37(54)14-7-23-16-32(64-3)40(55)33(17-23)65-4)69-47(48)39-30(63-2)19-31-38(43(39)58)27(52)18-28(68-31)24-8-10-25(50)11-9-24/h5-19,34-35,41-42,44-51,55-61H,20-21H2,1-4H3/b13-6+,14-7+/t34-,35-,41-,42-,44+,45+,46-,47+,48-,49+/m1/s1. The Morgan fingerprint density at radius 1 is 0.606 bits per heavy atom. The molecule has 0 amide bonds. The molecule has 10 atom stereocenters. The van der Waals surface area contributed by atoms with Crippen molar-refractivity contribution in [1.29, 1.82) is 0 Å². The van der Waals surface area contributed by atoms with E-state index in [1.165, 1.54) is 101 Å². The number of hydrogen-bond donors (Lipinski definition) is 9. The summed E-state index contributed by atoms with van der Waals surface area (Å²) in [6.45, 7) is -1.48. The first-order valence-electron chi connectivity index (χ1n) is 21.5. The highest BCUT2D eigenvalue weighted by molar-refractivity contribution is 5.89. The molecular formula is C49H50O22. The molecule has 0 spiro atoms. The second-order valence-corrected chi connectivity index (χ2v) is 16.1. The number of carbonyl (C=O) groups is 2. The number of aliphatic hydroxyl groups is 5. The summed E-state index contributed by atoms with van der Waals surface area (Å²) >= 11 is 0. The molecule has 3 heterocycles. The van der Waals surface area contributed by atoms with E-state index in [0.717, 1.165) is 18.2 Å². The molecule has 0 saturated carbocycles. The molecule has 9 N–H and O–H groups in total. The molecule has 5 aromatic rings. The minimum Gasteiger partial charge on any atom is -0.508 e. The van der Waals surface area contributed by atoms with Crippen molar-refractivity contribution in [3.63, 3.8) is 0 Å². The highest BCUT2D eigenvalue weighted by Gasteiger charge is 2.52. The molecule has 0 bridgehead atoms. The number of phenolic OH excluding ortho intramolecular Hbond substituents is 4. The van der Waals surface area contributed by atoms with Crippen LogP contribution in [0.2, 0.25) is 0 Å². The maximum absolute atomic E-state index is 13.8. The van der Waals surface area contributed by atoms with E-state index in [-0.39, 0.29) is 57.2 Å². The maximum atomic E-state index is 13.8. The molecule has 71 heavy (non-hydrogen) atoms. The number of hydrogen-bond acceptors (Lipinski definition) is 22. The largest absolute Gasteiger partial charge is 0.508 e. The molecule has 2 fully saturated rings. The molecule has 22 nitrogen and oxygen atoms in total. The van der Waals surface area contributed by atoms with Crippen molar-refractivity contribution in [3.8, 4) is 57.3 Å². The van der Waals surface area contributed by atoms with E-state index in [0.29, 0.717) is 16.7 Å². The molecule has 0 unspecified atom stereocenters. The normalized spacial score (nSPS) is 24.5. The van der Waals surface area contributed by atoms with E-state index in [9.17, 15) is 60.3 Å². The number of ether oxygens (including phenoxy) is 9. The van der Waals surface area contributed by atoms with E-state index in [1.54, 1.807) is 0 Å². The number of esters is 2. The molecule has 1 aromatic heterocycles. The number of fused-ring (bicyclic) bond motifs is 1. The summed E-state index contributed by atoms with van der Waals surface area (Å²) < 4.78 is 55.8. The number of aromatic hydroxyl groups is 4. The molecule has 0 aliphatic carbocycles. The zero-order valence-electron chi connectivity index (χ0n) is 38.2. The summed E-state index contributed by atoms with van der Waals surface area (Å²) in [5, 5.41) is 97.8. The van der Waals surface area contributed by atoms with Crippen LogP contribution in [0, 0.1) is 0 Å². The number of phenols is 4. The van der Waals surface area contributed by atoms with E-state index < -0.39 is 103 Å². The van der Waals surface area contributed by atoms with Gasteiger partial charge in [0.05, 0.1) is 34.0 Å². The number of aliphatic hydroxyl groups excluding tert-OH is 5. The van der Waals surface area contributed by atoms with Crippen molar-refractivity contribution >= 4 is 35.1 Å². The van der Waals surface area contributed by atoms with E-state index in [2.05, 4.69) is 0 Å². The first-order valence-corrected chi connectivity index (χ1v) is 21.5. The number of methoxy groups -OCH3 is 4. The lowest BCUT2D eigenvalue weighted by Gasteiger charge is -2.46. The van der Waals surface area contributed by atoms with Gasteiger partial charge in [-0.15, -0.1) is 0 Å². The zero-order chi connectivity index (χ0) is 51.3. The van der Waals surface area contributed by atoms with Gasteiger partial charge in [0.25, 0.3) is 0 Å². The van der Waals surface area contributed by atoms with Crippen molar-refractivity contribution < 1.29 is 103 Å². The molecule has 378 valence electrons. The summed E-state index contributed by atoms with van der Waals surface area (Å²) in [6, 6.07) is 15.1. The molecule has 2 aliphatic heterocycles. The van der Waals surface area contributed by atoms with Crippen molar-refractivity contribution in [2.24, 2.45) is 0 Å². The van der Waals surface area contributed by atoms with Crippen molar-refractivity contribution in [2.75, 3.05) is 41.7 Å². The number of carbonyl (C=O) groups excluding carboxylic acids is 2. The van der Waals surface area contributed by atoms with Gasteiger partial charge in [0.1, 0.15) is 102 Å². The summed E-state index contributed by atoms with van der Waals surface area (Å²) in [5.41, 5.74) is -0.150. The Kier molecular flexibility index (Phi) is 16.0. The average Bonchev–Trinajstić information content (AvgIpc) is 3.36. The monoisotopic (exact) mass is 990 g/mol. The summed E-state index contributed by atoms with van der Waals surface area (Å²) in [4.78, 5) is 39.6. The van der Waals surface area contributed by atoms with Gasteiger partial charge in [-0.3, -0.25) is 4.79 Å². The van der Waals surface area contributed by atoms with Crippen LogP contribution in [0.1, 0.15) is 22.8 Å². The van der Waals surface area contributed by atoms with Gasteiger partial charge in [-0.25, -0.2) is 9.59 Å². The SMILES string of the molecule is COc1cc(/C=C/C(=O)OC[C@H]2O[C@@H](O[C@@H]3[C@@H](O)[C@H](O)[C@@H](COC(=O)/C=C/c4cc(OC)c(O)c(OC)c4)O[C@H]3c3c(OC)cc4oc(-c5ccc(O)cc5)cc(=O)c4c3O)[C@H](O)[C@@H](O)[C@@H]2O)ccc1O. The Hall–Kier alpha value is -7.41. The van der Waals surface area contributed by atoms with Crippen LogP contribution in [0.4, 0.5) is 0 Å². The third-order valence-corrected chi connectivity index (χ3v) is 11.6. The number of rotatable bonds is 16. The molecule has 0 radical (unpaired) electrons. The van der Waals surface area contributed by atoms with Crippen LogP contribution in [0.15, 0.2) is 88.1 Å². The van der Waals surface area contributed by atoms with E-state index >= 15 is 0 Å². The highest BCUT2D eigenvalue weighted by atomic mass is 16.7. The average molecular weight is 991 g/mol. The van der Waals surface area contributed by atoms with Crippen molar-refractivity contribution in [3.05, 3.63) is 106 Å². The minimum absolute atomic E-state index is 0.0448. The molecule has 2 aliphatic rings. The van der Waals surface area contributed by atoms with Crippen LogP contribution in [-0.4, -0.2) is 155 Å². The van der Waals surface area contributed by atoms with Gasteiger partial charge in [-0.2, -0.15) is 0 Å². The third-order valence-electron chi connectivity index (χ3n) is 11.6. The zero-order valence-corrected chi connectivity index (χ0v) is 38.2. The fourth-order valence-corrected chi connectivity index (χ4v) is 7.85. The lowest BCUT2D eigenvalue weighted by molar-refractivity contribution is -0.342. The first kappa shape index (κ1) is 51.4. The van der Waals surface area contributed by atoms with Gasteiger partial charge < -0.3 is 93.0 Å². The Bertz CT molecular complexity index is 2810. The fraction of sp³-hybridized carbons (Fsp3) is 0.327. The lowest BCUT2D eigenvalue weighted by Crippen LogP contribution is -2.63. The van der Waals surface area contributed by atoms with Gasteiger partial charge in [0, 0.05) is 29.8 Å². The quantitative estimate of drug-likeness (QED) is 0.0505. The van der Waals surface area contributed by atoms with Crippen LogP contribution in [0.25, 0.3) is 34.4 Å². The lowest BCUT2D eigenvalue weighted by atomic mass is 9.89. The van der Waals surface area contributed by atoms with Crippen LogP contribution < -0.4 is 24.4 Å². The van der Waals surface area contributed by atoms with Crippen molar-refractivity contribution in [1.82, 2.24) is 0 Å². The van der Waals surface area contributed by atoms with Gasteiger partial charge in [-0.1, -0.05) is 6.07 Å². The molecule has 2 saturated heterocycles. The van der Waals surface area contributed by atoms with Crippen LogP contribution >= 0.6 is 0 Å². The Morgan fingerprint density at radius 2 is 1.17 bits per heavy atom. The Labute approximate surface area is 402 Å². The van der Waals surface area contributed by atoms with Gasteiger partial charge >= 0.3 is 11.9 Å². The third kappa shape index (κ3) is 11.1. The first-order chi connectivity index (χ1) is 34.0. The number of benzene rings is 4. The van der Waals surface area contributed by atoms with Crippen LogP contribution in [-0.2, 0) is 33.3 Å². The second kappa shape index (κ2) is 22.1. The van der Waals surface area contributed by atoms with Gasteiger partial charge in [0.2, 0.25) is 5.75 Å². The van der Waals surface area contributed by atoms with Gasteiger partial charge in [0.15, 0.2) is 34.7 Å². The van der Waals surface area contributed by atoms with E-state index in [4.69, 9.17) is 47.0 Å². The Balaban J connectivity index is 1.18. The Morgan fingerprint density at radius 3 is 1.77 bits per heavy atom. The molecule has 4 aromatic carbocycles.